The summed E-state index contributed by atoms with van der Waals surface area (Å²) >= 11 is 5.91. The normalized spacial score (nSPS) is 10.8. The first-order valence-electron chi connectivity index (χ1n) is 6.22. The van der Waals surface area contributed by atoms with E-state index >= 15 is 0 Å². The van der Waals surface area contributed by atoms with Gasteiger partial charge in [0, 0.05) is 28.7 Å². The van der Waals surface area contributed by atoms with Crippen LogP contribution in [0.3, 0.4) is 0 Å². The SMILES string of the molecule is CNc1cc(-c2ccccc2)nc2c(F)cc(Cl)cc12. The molecule has 0 unspecified atom stereocenters. The van der Waals surface area contributed by atoms with E-state index in [0.717, 1.165) is 16.9 Å². The van der Waals surface area contributed by atoms with Gasteiger partial charge in [0.05, 0.1) is 5.69 Å². The van der Waals surface area contributed by atoms with Crippen LogP contribution in [-0.2, 0) is 0 Å². The minimum absolute atomic E-state index is 0.320. The predicted octanol–water partition coefficient (Wildman–Crippen LogP) is 4.74. The van der Waals surface area contributed by atoms with Gasteiger partial charge in [-0.25, -0.2) is 9.37 Å². The highest BCUT2D eigenvalue weighted by Crippen LogP contribution is 2.31. The average Bonchev–Trinajstić information content (AvgIpc) is 2.47. The van der Waals surface area contributed by atoms with Gasteiger partial charge < -0.3 is 5.32 Å². The number of hydrogen-bond acceptors (Lipinski definition) is 2. The number of nitrogens with zero attached hydrogens (tertiary/aromatic N) is 1. The van der Waals surface area contributed by atoms with Crippen molar-refractivity contribution in [3.05, 3.63) is 59.4 Å². The maximum Gasteiger partial charge on any atom is 0.151 e. The maximum absolute atomic E-state index is 14.1. The van der Waals surface area contributed by atoms with Crippen LogP contribution in [0.1, 0.15) is 0 Å². The van der Waals surface area contributed by atoms with E-state index in [9.17, 15) is 4.39 Å². The number of aromatic nitrogens is 1. The Morgan fingerprint density at radius 1 is 1.10 bits per heavy atom. The standard InChI is InChI=1S/C16H12ClFN2/c1-19-15-9-14(10-5-3-2-4-6-10)20-16-12(15)7-11(17)8-13(16)18/h2-9H,1H3,(H,19,20). The highest BCUT2D eigenvalue weighted by Gasteiger charge is 2.11. The molecule has 3 rings (SSSR count). The molecule has 0 saturated heterocycles. The number of halogens is 2. The van der Waals surface area contributed by atoms with Crippen LogP contribution in [0.15, 0.2) is 48.5 Å². The highest BCUT2D eigenvalue weighted by atomic mass is 35.5. The fourth-order valence-corrected chi connectivity index (χ4v) is 2.42. The van der Waals surface area contributed by atoms with Gasteiger partial charge in [-0.05, 0) is 18.2 Å². The smallest absolute Gasteiger partial charge is 0.151 e. The van der Waals surface area contributed by atoms with Crippen molar-refractivity contribution >= 4 is 28.2 Å². The lowest BCUT2D eigenvalue weighted by Gasteiger charge is -2.10. The molecule has 0 aliphatic carbocycles. The molecule has 0 bridgehead atoms. The molecule has 1 N–H and O–H groups in total. The summed E-state index contributed by atoms with van der Waals surface area (Å²) < 4.78 is 14.1. The molecule has 0 aliphatic rings. The first-order chi connectivity index (χ1) is 9.69. The van der Waals surface area contributed by atoms with Crippen molar-refractivity contribution in [3.63, 3.8) is 0 Å². The van der Waals surface area contributed by atoms with E-state index in [1.165, 1.54) is 6.07 Å². The second-order valence-corrected chi connectivity index (χ2v) is 4.89. The van der Waals surface area contributed by atoms with Crippen LogP contribution in [0.25, 0.3) is 22.2 Å². The lowest BCUT2D eigenvalue weighted by atomic mass is 10.1. The fraction of sp³-hybridized carbons (Fsp3) is 0.0625. The van der Waals surface area contributed by atoms with Crippen molar-refractivity contribution in [1.29, 1.82) is 0 Å². The molecule has 0 spiro atoms. The Bertz CT molecular complexity index is 772. The molecule has 1 heterocycles. The van der Waals surface area contributed by atoms with Crippen molar-refractivity contribution in [3.8, 4) is 11.3 Å². The van der Waals surface area contributed by atoms with Gasteiger partial charge >= 0.3 is 0 Å². The monoisotopic (exact) mass is 286 g/mol. The van der Waals surface area contributed by atoms with Gasteiger partial charge in [-0.2, -0.15) is 0 Å². The molecule has 20 heavy (non-hydrogen) atoms. The summed E-state index contributed by atoms with van der Waals surface area (Å²) in [5.41, 5.74) is 2.79. The number of pyridine rings is 1. The minimum Gasteiger partial charge on any atom is -0.388 e. The lowest BCUT2D eigenvalue weighted by molar-refractivity contribution is 0.637. The minimum atomic E-state index is -0.415. The first-order valence-corrected chi connectivity index (χ1v) is 6.60. The zero-order valence-corrected chi connectivity index (χ0v) is 11.6. The van der Waals surface area contributed by atoms with Crippen LogP contribution in [-0.4, -0.2) is 12.0 Å². The number of anilines is 1. The Balaban J connectivity index is 2.32. The van der Waals surface area contributed by atoms with E-state index in [-0.39, 0.29) is 0 Å². The number of hydrogen-bond donors (Lipinski definition) is 1. The van der Waals surface area contributed by atoms with Gasteiger partial charge in [0.1, 0.15) is 5.52 Å². The zero-order chi connectivity index (χ0) is 14.1. The molecular formula is C16H12ClFN2. The van der Waals surface area contributed by atoms with Crippen molar-refractivity contribution in [2.75, 3.05) is 12.4 Å². The molecule has 0 atom stereocenters. The van der Waals surface area contributed by atoms with Gasteiger partial charge in [0.25, 0.3) is 0 Å². The molecule has 0 aliphatic heterocycles. The van der Waals surface area contributed by atoms with Crippen LogP contribution in [0, 0.1) is 5.82 Å². The number of benzene rings is 2. The Morgan fingerprint density at radius 3 is 2.55 bits per heavy atom. The van der Waals surface area contributed by atoms with Crippen LogP contribution in [0.2, 0.25) is 5.02 Å². The second kappa shape index (κ2) is 5.10. The van der Waals surface area contributed by atoms with Crippen LogP contribution < -0.4 is 5.32 Å². The molecule has 0 amide bonds. The number of rotatable bonds is 2. The summed E-state index contributed by atoms with van der Waals surface area (Å²) in [5, 5.41) is 4.11. The van der Waals surface area contributed by atoms with Crippen molar-refractivity contribution in [1.82, 2.24) is 4.98 Å². The molecular weight excluding hydrogens is 275 g/mol. The van der Waals surface area contributed by atoms with E-state index in [2.05, 4.69) is 10.3 Å². The third kappa shape index (κ3) is 2.21. The summed E-state index contributed by atoms with van der Waals surface area (Å²) in [6, 6.07) is 14.6. The third-order valence-electron chi connectivity index (χ3n) is 3.17. The zero-order valence-electron chi connectivity index (χ0n) is 10.8. The quantitative estimate of drug-likeness (QED) is 0.736. The number of nitrogens with one attached hydrogen (secondary N) is 1. The summed E-state index contributed by atoms with van der Waals surface area (Å²) in [7, 11) is 1.79. The summed E-state index contributed by atoms with van der Waals surface area (Å²) in [6.45, 7) is 0. The maximum atomic E-state index is 14.1. The van der Waals surface area contributed by atoms with Crippen molar-refractivity contribution < 1.29 is 4.39 Å². The molecule has 0 radical (unpaired) electrons. The third-order valence-corrected chi connectivity index (χ3v) is 3.39. The molecule has 3 aromatic rings. The van der Waals surface area contributed by atoms with Gasteiger partial charge in [0.2, 0.25) is 0 Å². The van der Waals surface area contributed by atoms with E-state index in [1.54, 1.807) is 13.1 Å². The van der Waals surface area contributed by atoms with E-state index in [0.29, 0.717) is 15.9 Å². The van der Waals surface area contributed by atoms with Crippen LogP contribution in [0.4, 0.5) is 10.1 Å². The van der Waals surface area contributed by atoms with Crippen LogP contribution >= 0.6 is 11.6 Å². The lowest BCUT2D eigenvalue weighted by Crippen LogP contribution is -1.96. The Hall–Kier alpha value is -2.13. The molecule has 0 saturated carbocycles. The molecule has 1 aromatic heterocycles. The molecule has 4 heteroatoms. The number of fused-ring (bicyclic) bond motifs is 1. The van der Waals surface area contributed by atoms with Gasteiger partial charge in [-0.1, -0.05) is 41.9 Å². The molecule has 100 valence electrons. The first kappa shape index (κ1) is 12.9. The Labute approximate surface area is 121 Å². The molecule has 2 nitrogen and oxygen atoms in total. The average molecular weight is 287 g/mol. The van der Waals surface area contributed by atoms with Crippen molar-refractivity contribution in [2.45, 2.75) is 0 Å². The van der Waals surface area contributed by atoms with Gasteiger partial charge in [-0.3, -0.25) is 0 Å². The highest BCUT2D eigenvalue weighted by molar-refractivity contribution is 6.31. The Morgan fingerprint density at radius 2 is 1.85 bits per heavy atom. The molecule has 2 aromatic carbocycles. The summed E-state index contributed by atoms with van der Waals surface area (Å²) in [6.07, 6.45) is 0. The summed E-state index contributed by atoms with van der Waals surface area (Å²) in [5.74, 6) is -0.415. The van der Waals surface area contributed by atoms with Crippen molar-refractivity contribution in [2.24, 2.45) is 0 Å². The van der Waals surface area contributed by atoms with Crippen LogP contribution in [0.5, 0.6) is 0 Å². The van der Waals surface area contributed by atoms with Gasteiger partial charge in [-0.15, -0.1) is 0 Å². The van der Waals surface area contributed by atoms with E-state index in [1.807, 2.05) is 36.4 Å². The predicted molar refractivity (Wildman–Crippen MR) is 81.7 cm³/mol. The molecule has 0 fully saturated rings. The topological polar surface area (TPSA) is 24.9 Å². The second-order valence-electron chi connectivity index (χ2n) is 4.45. The van der Waals surface area contributed by atoms with E-state index in [4.69, 9.17) is 11.6 Å². The van der Waals surface area contributed by atoms with Gasteiger partial charge in [0.15, 0.2) is 5.82 Å². The summed E-state index contributed by atoms with van der Waals surface area (Å²) in [4.78, 5) is 4.42. The fourth-order valence-electron chi connectivity index (χ4n) is 2.22. The largest absolute Gasteiger partial charge is 0.388 e. The van der Waals surface area contributed by atoms with E-state index < -0.39 is 5.82 Å². The Kier molecular flexibility index (Phi) is 3.28.